The number of Topliss-reactive ketones (excluding diaryl/α,β-unsaturated/α-hetero) is 1. The van der Waals surface area contributed by atoms with Crippen LogP contribution in [0.15, 0.2) is 28.7 Å². The average Bonchev–Trinajstić information content (AvgIpc) is 2.59. The first-order valence-corrected chi connectivity index (χ1v) is 5.04. The van der Waals surface area contributed by atoms with E-state index in [1.54, 1.807) is 13.0 Å². The van der Waals surface area contributed by atoms with E-state index in [4.69, 9.17) is 10.2 Å². The molecule has 84 valence electrons. The summed E-state index contributed by atoms with van der Waals surface area (Å²) < 4.78 is 18.2. The zero-order valence-electron chi connectivity index (χ0n) is 8.87. The lowest BCUT2D eigenvalue weighted by atomic mass is 10.1. The number of carbonyl (C=O) groups excluding carboxylic acids is 1. The fourth-order valence-corrected chi connectivity index (χ4v) is 1.54. The Morgan fingerprint density at radius 3 is 2.94 bits per heavy atom. The van der Waals surface area contributed by atoms with Gasteiger partial charge in [0, 0.05) is 17.8 Å². The fourth-order valence-electron chi connectivity index (χ4n) is 1.54. The number of nitrogens with two attached hydrogens (primary N) is 1. The van der Waals surface area contributed by atoms with Crippen LogP contribution in [0.5, 0.6) is 0 Å². The Bertz CT molecular complexity index is 531. The summed E-state index contributed by atoms with van der Waals surface area (Å²) in [5.74, 6) is -0.274. The van der Waals surface area contributed by atoms with Gasteiger partial charge in [0.05, 0.1) is 0 Å². The Morgan fingerprint density at radius 1 is 1.50 bits per heavy atom. The van der Waals surface area contributed by atoms with Gasteiger partial charge in [-0.25, -0.2) is 4.39 Å². The fraction of sp³-hybridized carbons (Fsp3) is 0.250. The third kappa shape index (κ3) is 2.12. The van der Waals surface area contributed by atoms with Gasteiger partial charge in [-0.05, 0) is 31.2 Å². The standard InChI is InChI=1S/C12H12FNO2/c1-7(14)4-10(15)12-6-8-5-9(13)2-3-11(8)16-12/h2-3,5-7H,4,14H2,1H3. The molecule has 3 nitrogen and oxygen atoms in total. The van der Waals surface area contributed by atoms with E-state index in [0.717, 1.165) is 0 Å². The lowest BCUT2D eigenvalue weighted by Gasteiger charge is -2.00. The smallest absolute Gasteiger partial charge is 0.199 e. The Hall–Kier alpha value is -1.68. The minimum Gasteiger partial charge on any atom is -0.453 e. The van der Waals surface area contributed by atoms with E-state index in [9.17, 15) is 9.18 Å². The topological polar surface area (TPSA) is 56.2 Å². The van der Waals surface area contributed by atoms with Crippen LogP contribution in [-0.4, -0.2) is 11.8 Å². The van der Waals surface area contributed by atoms with Crippen molar-refractivity contribution in [3.63, 3.8) is 0 Å². The van der Waals surface area contributed by atoms with Gasteiger partial charge in [0.25, 0.3) is 0 Å². The minimum absolute atomic E-state index is 0.161. The number of furan rings is 1. The lowest BCUT2D eigenvalue weighted by Crippen LogP contribution is -2.19. The second-order valence-electron chi connectivity index (χ2n) is 3.90. The monoisotopic (exact) mass is 221 g/mol. The summed E-state index contributed by atoms with van der Waals surface area (Å²) in [4.78, 5) is 11.6. The first-order valence-electron chi connectivity index (χ1n) is 5.04. The molecule has 0 saturated heterocycles. The van der Waals surface area contributed by atoms with Crippen molar-refractivity contribution in [3.8, 4) is 0 Å². The zero-order chi connectivity index (χ0) is 11.7. The molecule has 0 saturated carbocycles. The van der Waals surface area contributed by atoms with E-state index in [1.807, 2.05) is 0 Å². The van der Waals surface area contributed by atoms with Crippen LogP contribution in [0.2, 0.25) is 0 Å². The van der Waals surface area contributed by atoms with Gasteiger partial charge in [0.1, 0.15) is 11.4 Å². The van der Waals surface area contributed by atoms with Crippen LogP contribution >= 0.6 is 0 Å². The highest BCUT2D eigenvalue weighted by Gasteiger charge is 2.14. The van der Waals surface area contributed by atoms with E-state index >= 15 is 0 Å². The second-order valence-corrected chi connectivity index (χ2v) is 3.90. The predicted octanol–water partition coefficient (Wildman–Crippen LogP) is 2.49. The molecule has 0 aliphatic heterocycles. The summed E-state index contributed by atoms with van der Waals surface area (Å²) in [5, 5.41) is 0.591. The summed E-state index contributed by atoms with van der Waals surface area (Å²) in [6, 6.07) is 5.47. The number of hydrogen-bond donors (Lipinski definition) is 1. The number of benzene rings is 1. The Morgan fingerprint density at radius 2 is 2.25 bits per heavy atom. The van der Waals surface area contributed by atoms with Crippen molar-refractivity contribution >= 4 is 16.8 Å². The molecule has 0 radical (unpaired) electrons. The summed E-state index contributed by atoms with van der Waals surface area (Å²) >= 11 is 0. The van der Waals surface area contributed by atoms with E-state index < -0.39 is 0 Å². The maximum absolute atomic E-state index is 12.9. The maximum atomic E-state index is 12.9. The molecule has 1 aromatic carbocycles. The number of ketones is 1. The van der Waals surface area contributed by atoms with Gasteiger partial charge in [0.2, 0.25) is 0 Å². The van der Waals surface area contributed by atoms with Gasteiger partial charge in [-0.2, -0.15) is 0 Å². The molecular weight excluding hydrogens is 209 g/mol. The molecule has 4 heteroatoms. The highest BCUT2D eigenvalue weighted by Crippen LogP contribution is 2.21. The van der Waals surface area contributed by atoms with Crippen molar-refractivity contribution in [2.45, 2.75) is 19.4 Å². The first-order chi connectivity index (χ1) is 7.56. The summed E-state index contributed by atoms with van der Waals surface area (Å²) in [7, 11) is 0. The molecule has 1 unspecified atom stereocenters. The van der Waals surface area contributed by atoms with Gasteiger partial charge in [-0.3, -0.25) is 4.79 Å². The summed E-state index contributed by atoms with van der Waals surface area (Å²) in [5.41, 5.74) is 6.04. The second kappa shape index (κ2) is 4.06. The largest absolute Gasteiger partial charge is 0.453 e. The van der Waals surface area contributed by atoms with E-state index in [-0.39, 0.29) is 29.8 Å². The Balaban J connectivity index is 2.36. The van der Waals surface area contributed by atoms with Gasteiger partial charge < -0.3 is 10.2 Å². The zero-order valence-corrected chi connectivity index (χ0v) is 8.87. The van der Waals surface area contributed by atoms with E-state index in [0.29, 0.717) is 11.0 Å². The Labute approximate surface area is 92.0 Å². The molecular formula is C12H12FNO2. The van der Waals surface area contributed by atoms with Gasteiger partial charge in [0.15, 0.2) is 11.5 Å². The Kier molecular flexibility index (Phi) is 2.75. The van der Waals surface area contributed by atoms with Crippen molar-refractivity contribution in [3.05, 3.63) is 35.8 Å². The van der Waals surface area contributed by atoms with Crippen molar-refractivity contribution in [2.75, 3.05) is 0 Å². The van der Waals surface area contributed by atoms with Gasteiger partial charge in [-0.15, -0.1) is 0 Å². The average molecular weight is 221 g/mol. The van der Waals surface area contributed by atoms with Gasteiger partial charge >= 0.3 is 0 Å². The third-order valence-corrected chi connectivity index (χ3v) is 2.26. The highest BCUT2D eigenvalue weighted by molar-refractivity contribution is 5.97. The SMILES string of the molecule is CC(N)CC(=O)c1cc2cc(F)ccc2o1. The molecule has 0 aliphatic rings. The first kappa shape index (κ1) is 10.8. The molecule has 2 aromatic rings. The molecule has 0 aliphatic carbocycles. The molecule has 0 bridgehead atoms. The molecule has 0 fully saturated rings. The predicted molar refractivity (Wildman–Crippen MR) is 58.8 cm³/mol. The van der Waals surface area contributed by atoms with Crippen molar-refractivity contribution in [1.29, 1.82) is 0 Å². The molecule has 2 rings (SSSR count). The van der Waals surface area contributed by atoms with E-state index in [1.165, 1.54) is 18.2 Å². The van der Waals surface area contributed by atoms with Crippen LogP contribution in [0.25, 0.3) is 11.0 Å². The molecule has 2 N–H and O–H groups in total. The number of fused-ring (bicyclic) bond motifs is 1. The number of halogens is 1. The summed E-state index contributed by atoms with van der Waals surface area (Å²) in [6.07, 6.45) is 0.225. The normalized spacial score (nSPS) is 12.9. The van der Waals surface area contributed by atoms with Crippen LogP contribution in [-0.2, 0) is 0 Å². The molecule has 1 atom stereocenters. The van der Waals surface area contributed by atoms with Crippen LogP contribution < -0.4 is 5.73 Å². The third-order valence-electron chi connectivity index (χ3n) is 2.26. The maximum Gasteiger partial charge on any atom is 0.199 e. The molecule has 1 aromatic heterocycles. The van der Waals surface area contributed by atoms with Crippen LogP contribution in [0.4, 0.5) is 4.39 Å². The van der Waals surface area contributed by atoms with Crippen LogP contribution in [0.3, 0.4) is 0 Å². The van der Waals surface area contributed by atoms with Crippen molar-refractivity contribution in [1.82, 2.24) is 0 Å². The quantitative estimate of drug-likeness (QED) is 0.810. The summed E-state index contributed by atoms with van der Waals surface area (Å²) in [6.45, 7) is 1.75. The van der Waals surface area contributed by atoms with Crippen molar-refractivity contribution in [2.24, 2.45) is 5.73 Å². The van der Waals surface area contributed by atoms with Gasteiger partial charge in [-0.1, -0.05) is 0 Å². The van der Waals surface area contributed by atoms with Crippen LogP contribution in [0.1, 0.15) is 23.9 Å². The van der Waals surface area contributed by atoms with Crippen LogP contribution in [0, 0.1) is 5.82 Å². The molecule has 0 amide bonds. The van der Waals surface area contributed by atoms with Crippen molar-refractivity contribution < 1.29 is 13.6 Å². The molecule has 0 spiro atoms. The minimum atomic E-state index is -0.348. The lowest BCUT2D eigenvalue weighted by molar-refractivity contribution is 0.0951. The highest BCUT2D eigenvalue weighted by atomic mass is 19.1. The number of carbonyl (C=O) groups is 1. The number of hydrogen-bond acceptors (Lipinski definition) is 3. The molecule has 1 heterocycles. The van der Waals surface area contributed by atoms with E-state index in [2.05, 4.69) is 0 Å². The number of rotatable bonds is 3. The molecule has 16 heavy (non-hydrogen) atoms.